The van der Waals surface area contributed by atoms with E-state index in [9.17, 15) is 14.4 Å². The van der Waals surface area contributed by atoms with Gasteiger partial charge in [-0.15, -0.1) is 6.58 Å². The standard InChI is InChI=1S/C25H29N5O3S/c1-4-10-26-23(32)18-15-30(17(3)5-2)16-19(22(18)31)24(33)28-11-13-29(14-12-28)25-27-20-8-6-7-9-21(20)34-25/h4,6-9,15-17H,1,5,10-14H2,2-3H3,(H,26,32). The Kier molecular flexibility index (Phi) is 7.12. The minimum absolute atomic E-state index is 0.0267. The smallest absolute Gasteiger partial charge is 0.259 e. The van der Waals surface area contributed by atoms with E-state index in [1.54, 1.807) is 33.1 Å². The first-order valence-corrected chi connectivity index (χ1v) is 12.3. The lowest BCUT2D eigenvalue weighted by molar-refractivity contribution is 0.0744. The van der Waals surface area contributed by atoms with Crippen LogP contribution in [0.3, 0.4) is 0 Å². The monoisotopic (exact) mass is 479 g/mol. The average Bonchev–Trinajstić information content (AvgIpc) is 3.31. The van der Waals surface area contributed by atoms with Crippen LogP contribution < -0.4 is 15.6 Å². The molecule has 1 aliphatic rings. The topological polar surface area (TPSA) is 87.5 Å². The molecule has 1 aliphatic heterocycles. The molecule has 0 aliphatic carbocycles. The SMILES string of the molecule is C=CCNC(=O)c1cn(C(C)CC)cc(C(=O)N2CCN(c3nc4ccccc4s3)CC2)c1=O. The fourth-order valence-corrected chi connectivity index (χ4v) is 4.92. The number of rotatable bonds is 7. The largest absolute Gasteiger partial charge is 0.350 e. The second-order valence-corrected chi connectivity index (χ2v) is 9.37. The molecule has 0 bridgehead atoms. The summed E-state index contributed by atoms with van der Waals surface area (Å²) < 4.78 is 2.92. The van der Waals surface area contributed by atoms with Crippen LogP contribution in [0.4, 0.5) is 5.13 Å². The Morgan fingerprint density at radius 1 is 1.18 bits per heavy atom. The molecule has 34 heavy (non-hydrogen) atoms. The summed E-state index contributed by atoms with van der Waals surface area (Å²) in [6.07, 6.45) is 5.47. The van der Waals surface area contributed by atoms with Gasteiger partial charge in [0.25, 0.3) is 11.8 Å². The highest BCUT2D eigenvalue weighted by Gasteiger charge is 2.27. The fourth-order valence-electron chi connectivity index (χ4n) is 3.90. The third-order valence-corrected chi connectivity index (χ3v) is 7.24. The molecule has 2 amide bonds. The third kappa shape index (κ3) is 4.75. The summed E-state index contributed by atoms with van der Waals surface area (Å²) in [4.78, 5) is 47.7. The van der Waals surface area contributed by atoms with E-state index in [-0.39, 0.29) is 29.6 Å². The Bertz CT molecular complexity index is 1240. The maximum absolute atomic E-state index is 13.4. The van der Waals surface area contributed by atoms with Crippen molar-refractivity contribution in [2.75, 3.05) is 37.6 Å². The molecule has 1 atom stereocenters. The molecule has 0 radical (unpaired) electrons. The van der Waals surface area contributed by atoms with E-state index < -0.39 is 11.3 Å². The normalized spacial score (nSPS) is 14.8. The van der Waals surface area contributed by atoms with Gasteiger partial charge in [0.15, 0.2) is 5.13 Å². The molecule has 3 heterocycles. The number of carbonyl (C=O) groups is 2. The van der Waals surface area contributed by atoms with Crippen LogP contribution in [0.15, 0.2) is 54.1 Å². The first-order chi connectivity index (χ1) is 16.4. The molecule has 1 N–H and O–H groups in total. The second-order valence-electron chi connectivity index (χ2n) is 8.36. The average molecular weight is 480 g/mol. The predicted octanol–water partition coefficient (Wildman–Crippen LogP) is 3.31. The molecule has 0 spiro atoms. The molecule has 4 rings (SSSR count). The highest BCUT2D eigenvalue weighted by molar-refractivity contribution is 7.22. The molecule has 1 unspecified atom stereocenters. The number of amides is 2. The summed E-state index contributed by atoms with van der Waals surface area (Å²) >= 11 is 1.64. The minimum Gasteiger partial charge on any atom is -0.350 e. The van der Waals surface area contributed by atoms with Crippen LogP contribution in [-0.2, 0) is 0 Å². The number of fused-ring (bicyclic) bond motifs is 1. The number of pyridine rings is 1. The zero-order valence-electron chi connectivity index (χ0n) is 19.5. The number of benzene rings is 1. The lowest BCUT2D eigenvalue weighted by Gasteiger charge is -2.34. The van der Waals surface area contributed by atoms with E-state index in [1.165, 1.54) is 6.20 Å². The van der Waals surface area contributed by atoms with Gasteiger partial charge >= 0.3 is 0 Å². The van der Waals surface area contributed by atoms with Crippen molar-refractivity contribution in [2.24, 2.45) is 0 Å². The van der Waals surface area contributed by atoms with Crippen LogP contribution in [-0.4, -0.2) is 59.0 Å². The van der Waals surface area contributed by atoms with E-state index in [2.05, 4.69) is 22.9 Å². The molecule has 1 saturated heterocycles. The number of nitrogens with one attached hydrogen (secondary N) is 1. The van der Waals surface area contributed by atoms with Gasteiger partial charge in [0.1, 0.15) is 11.1 Å². The van der Waals surface area contributed by atoms with E-state index in [1.807, 2.05) is 32.0 Å². The highest BCUT2D eigenvalue weighted by Crippen LogP contribution is 2.29. The van der Waals surface area contributed by atoms with E-state index in [0.29, 0.717) is 26.2 Å². The van der Waals surface area contributed by atoms with Gasteiger partial charge in [0.2, 0.25) is 5.43 Å². The number of hydrogen-bond acceptors (Lipinski definition) is 6. The number of aromatic nitrogens is 2. The van der Waals surface area contributed by atoms with Gasteiger partial charge in [0.05, 0.1) is 10.2 Å². The van der Waals surface area contributed by atoms with Crippen molar-refractivity contribution < 1.29 is 9.59 Å². The van der Waals surface area contributed by atoms with Crippen molar-refractivity contribution in [3.63, 3.8) is 0 Å². The molecular formula is C25H29N5O3S. The van der Waals surface area contributed by atoms with Gasteiger partial charge in [-0.05, 0) is 25.5 Å². The Balaban J connectivity index is 1.55. The van der Waals surface area contributed by atoms with Crippen molar-refractivity contribution in [1.82, 2.24) is 19.8 Å². The van der Waals surface area contributed by atoms with Crippen LogP contribution in [0.2, 0.25) is 0 Å². The summed E-state index contributed by atoms with van der Waals surface area (Å²) in [6.45, 7) is 10.0. The van der Waals surface area contributed by atoms with E-state index in [0.717, 1.165) is 21.8 Å². The van der Waals surface area contributed by atoms with Crippen LogP contribution >= 0.6 is 11.3 Å². The van der Waals surface area contributed by atoms with Crippen molar-refractivity contribution in [1.29, 1.82) is 0 Å². The van der Waals surface area contributed by atoms with Gasteiger partial charge in [-0.1, -0.05) is 36.5 Å². The molecule has 3 aromatic rings. The maximum atomic E-state index is 13.4. The molecule has 178 valence electrons. The van der Waals surface area contributed by atoms with Gasteiger partial charge in [-0.3, -0.25) is 14.4 Å². The van der Waals surface area contributed by atoms with Crippen LogP contribution in [0.5, 0.6) is 0 Å². The summed E-state index contributed by atoms with van der Waals surface area (Å²) in [5, 5.41) is 3.58. The molecule has 2 aromatic heterocycles. The van der Waals surface area contributed by atoms with E-state index in [4.69, 9.17) is 4.98 Å². The Hall–Kier alpha value is -3.46. The van der Waals surface area contributed by atoms with Gasteiger partial charge in [-0.2, -0.15) is 0 Å². The quantitative estimate of drug-likeness (QED) is 0.526. The van der Waals surface area contributed by atoms with Crippen LogP contribution in [0, 0.1) is 0 Å². The number of hydrogen-bond donors (Lipinski definition) is 1. The Labute approximate surface area is 202 Å². The number of piperazine rings is 1. The zero-order valence-corrected chi connectivity index (χ0v) is 20.3. The summed E-state index contributed by atoms with van der Waals surface area (Å²) in [5.41, 5.74) is 0.430. The zero-order chi connectivity index (χ0) is 24.2. The summed E-state index contributed by atoms with van der Waals surface area (Å²) in [7, 11) is 0. The lowest BCUT2D eigenvalue weighted by Crippen LogP contribution is -2.50. The van der Waals surface area contributed by atoms with Crippen molar-refractivity contribution in [2.45, 2.75) is 26.3 Å². The Morgan fingerprint density at radius 3 is 2.56 bits per heavy atom. The summed E-state index contributed by atoms with van der Waals surface area (Å²) in [5.74, 6) is -0.846. The maximum Gasteiger partial charge on any atom is 0.259 e. The fraction of sp³-hybridized carbons (Fsp3) is 0.360. The van der Waals surface area contributed by atoms with Crippen molar-refractivity contribution in [3.8, 4) is 0 Å². The number of carbonyl (C=O) groups excluding carboxylic acids is 2. The number of nitrogens with zero attached hydrogens (tertiary/aromatic N) is 4. The first kappa shape index (κ1) is 23.7. The lowest BCUT2D eigenvalue weighted by atomic mass is 10.1. The molecule has 1 fully saturated rings. The minimum atomic E-state index is -0.542. The van der Waals surface area contributed by atoms with Crippen molar-refractivity contribution in [3.05, 3.63) is 70.7 Å². The number of thiazole rings is 1. The molecule has 0 saturated carbocycles. The molecule has 8 nitrogen and oxygen atoms in total. The number of anilines is 1. The number of para-hydroxylation sites is 1. The van der Waals surface area contributed by atoms with Gasteiger partial charge in [-0.25, -0.2) is 4.98 Å². The molecular weight excluding hydrogens is 450 g/mol. The predicted molar refractivity (Wildman–Crippen MR) is 136 cm³/mol. The van der Waals surface area contributed by atoms with Crippen molar-refractivity contribution >= 4 is 38.5 Å². The third-order valence-electron chi connectivity index (χ3n) is 6.15. The van der Waals surface area contributed by atoms with Gasteiger partial charge < -0.3 is 19.7 Å². The first-order valence-electron chi connectivity index (χ1n) is 11.5. The Morgan fingerprint density at radius 2 is 1.88 bits per heavy atom. The van der Waals surface area contributed by atoms with Crippen LogP contribution in [0.1, 0.15) is 47.0 Å². The van der Waals surface area contributed by atoms with Gasteiger partial charge in [0, 0.05) is 51.2 Å². The molecule has 9 heteroatoms. The molecule has 1 aromatic carbocycles. The second kappa shape index (κ2) is 10.2. The van der Waals surface area contributed by atoms with E-state index >= 15 is 0 Å². The van der Waals surface area contributed by atoms with Crippen LogP contribution in [0.25, 0.3) is 10.2 Å². The summed E-state index contributed by atoms with van der Waals surface area (Å²) in [6, 6.07) is 8.06. The highest BCUT2D eigenvalue weighted by atomic mass is 32.1.